The SMILES string of the molecule is O=C(O)CCCCCCCCCCC[Se]Cc1ccccc1. The van der Waals surface area contributed by atoms with Crippen LogP contribution in [0.1, 0.15) is 69.8 Å². The number of hydrogen-bond donors (Lipinski definition) is 1. The van der Waals surface area contributed by atoms with Gasteiger partial charge in [-0.2, -0.15) is 0 Å². The number of rotatable bonds is 14. The number of aliphatic carboxylic acids is 1. The molecule has 1 aromatic carbocycles. The van der Waals surface area contributed by atoms with Crippen molar-refractivity contribution in [2.45, 2.75) is 74.8 Å². The topological polar surface area (TPSA) is 37.3 Å². The van der Waals surface area contributed by atoms with Crippen LogP contribution < -0.4 is 0 Å². The molecule has 0 saturated carbocycles. The predicted molar refractivity (Wildman–Crippen MR) is 94.5 cm³/mol. The van der Waals surface area contributed by atoms with Crippen LogP contribution >= 0.6 is 0 Å². The van der Waals surface area contributed by atoms with Crippen molar-refractivity contribution >= 4 is 20.9 Å². The molecule has 0 aliphatic carbocycles. The Morgan fingerprint density at radius 3 is 1.95 bits per heavy atom. The molecule has 22 heavy (non-hydrogen) atoms. The second-order valence-corrected chi connectivity index (χ2v) is 8.18. The number of carboxylic acids is 1. The van der Waals surface area contributed by atoms with Gasteiger partial charge in [0.2, 0.25) is 0 Å². The molecule has 0 unspecified atom stereocenters. The van der Waals surface area contributed by atoms with E-state index in [1.807, 2.05) is 0 Å². The first-order valence-corrected chi connectivity index (χ1v) is 11.0. The summed E-state index contributed by atoms with van der Waals surface area (Å²) in [4.78, 5) is 10.4. The Morgan fingerprint density at radius 2 is 1.36 bits per heavy atom. The maximum absolute atomic E-state index is 10.4. The van der Waals surface area contributed by atoms with Gasteiger partial charge in [-0.3, -0.25) is 4.79 Å². The quantitative estimate of drug-likeness (QED) is 0.357. The molecule has 2 nitrogen and oxygen atoms in total. The van der Waals surface area contributed by atoms with Crippen LogP contribution in [0.25, 0.3) is 0 Å². The standard InChI is InChI=1S/C19H30O2Se/c20-19(21)15-11-6-4-2-1-3-5-7-12-16-22-17-18-13-9-8-10-14-18/h8-10,13-14H,1-7,11-12,15-17H2,(H,20,21). The van der Waals surface area contributed by atoms with E-state index in [0.717, 1.165) is 27.8 Å². The number of carboxylic acid groups (broad SMARTS) is 1. The summed E-state index contributed by atoms with van der Waals surface area (Å²) in [5.41, 5.74) is 1.49. The first-order valence-electron chi connectivity index (χ1n) is 8.62. The fourth-order valence-electron chi connectivity index (χ4n) is 2.48. The minimum atomic E-state index is -0.658. The Hall–Kier alpha value is -0.791. The van der Waals surface area contributed by atoms with Crippen LogP contribution in [-0.4, -0.2) is 26.0 Å². The van der Waals surface area contributed by atoms with Crippen LogP contribution in [0.15, 0.2) is 30.3 Å². The van der Waals surface area contributed by atoms with Crippen molar-refractivity contribution < 1.29 is 9.90 Å². The zero-order valence-corrected chi connectivity index (χ0v) is 15.3. The molecule has 1 aromatic rings. The molecule has 0 aliphatic rings. The van der Waals surface area contributed by atoms with Gasteiger partial charge in [0, 0.05) is 0 Å². The Kier molecular flexibility index (Phi) is 12.1. The molecular formula is C19H30O2Se. The van der Waals surface area contributed by atoms with E-state index in [-0.39, 0.29) is 0 Å². The normalized spacial score (nSPS) is 10.7. The molecule has 124 valence electrons. The van der Waals surface area contributed by atoms with Crippen LogP contribution in [0.2, 0.25) is 5.32 Å². The summed E-state index contributed by atoms with van der Waals surface area (Å²) in [5, 5.41) is 11.2. The summed E-state index contributed by atoms with van der Waals surface area (Å²) in [6, 6.07) is 10.8. The van der Waals surface area contributed by atoms with E-state index in [1.165, 1.54) is 61.1 Å². The third-order valence-electron chi connectivity index (χ3n) is 3.79. The van der Waals surface area contributed by atoms with Crippen molar-refractivity contribution in [3.63, 3.8) is 0 Å². The zero-order valence-electron chi connectivity index (χ0n) is 13.6. The summed E-state index contributed by atoms with van der Waals surface area (Å²) >= 11 is 0.769. The molecule has 0 amide bonds. The number of hydrogen-bond acceptors (Lipinski definition) is 1. The van der Waals surface area contributed by atoms with Gasteiger partial charge >= 0.3 is 132 Å². The van der Waals surface area contributed by atoms with E-state index in [0.29, 0.717) is 6.42 Å². The average molecular weight is 369 g/mol. The molecule has 3 heteroatoms. The molecule has 0 saturated heterocycles. The summed E-state index contributed by atoms with van der Waals surface area (Å²) in [6.45, 7) is 0. The van der Waals surface area contributed by atoms with Crippen LogP contribution in [0.4, 0.5) is 0 Å². The molecule has 1 N–H and O–H groups in total. The van der Waals surface area contributed by atoms with Gasteiger partial charge in [-0.05, 0) is 0 Å². The van der Waals surface area contributed by atoms with E-state index in [2.05, 4.69) is 30.3 Å². The Balaban J connectivity index is 1.76. The van der Waals surface area contributed by atoms with Crippen LogP contribution in [-0.2, 0) is 10.1 Å². The van der Waals surface area contributed by atoms with Gasteiger partial charge in [0.25, 0.3) is 0 Å². The van der Waals surface area contributed by atoms with Crippen LogP contribution in [0, 0.1) is 0 Å². The van der Waals surface area contributed by atoms with Gasteiger partial charge in [0.1, 0.15) is 0 Å². The zero-order chi connectivity index (χ0) is 15.9. The number of unbranched alkanes of at least 4 members (excludes halogenated alkanes) is 8. The third-order valence-corrected chi connectivity index (χ3v) is 6.13. The molecule has 0 spiro atoms. The van der Waals surface area contributed by atoms with E-state index >= 15 is 0 Å². The van der Waals surface area contributed by atoms with Gasteiger partial charge in [-0.15, -0.1) is 0 Å². The molecule has 0 fully saturated rings. The molecule has 0 aliphatic heterocycles. The molecule has 0 bridgehead atoms. The fraction of sp³-hybridized carbons (Fsp3) is 0.632. The molecular weight excluding hydrogens is 339 g/mol. The summed E-state index contributed by atoms with van der Waals surface area (Å²) in [6.07, 6.45) is 11.6. The van der Waals surface area contributed by atoms with Gasteiger partial charge in [0.15, 0.2) is 0 Å². The Bertz CT molecular complexity index is 378. The van der Waals surface area contributed by atoms with E-state index < -0.39 is 5.97 Å². The van der Waals surface area contributed by atoms with E-state index in [1.54, 1.807) is 0 Å². The molecule has 0 atom stereocenters. The minimum absolute atomic E-state index is 0.338. The number of benzene rings is 1. The molecule has 1 rings (SSSR count). The predicted octanol–water partition coefficient (Wildman–Crippen LogP) is 5.29. The van der Waals surface area contributed by atoms with Gasteiger partial charge in [-0.25, -0.2) is 0 Å². The molecule has 0 heterocycles. The van der Waals surface area contributed by atoms with Crippen molar-refractivity contribution in [1.29, 1.82) is 0 Å². The van der Waals surface area contributed by atoms with Crippen LogP contribution in [0.5, 0.6) is 0 Å². The van der Waals surface area contributed by atoms with E-state index in [4.69, 9.17) is 5.11 Å². The van der Waals surface area contributed by atoms with Gasteiger partial charge in [-0.1, -0.05) is 0 Å². The molecule has 0 radical (unpaired) electrons. The second-order valence-electron chi connectivity index (χ2n) is 5.86. The summed E-state index contributed by atoms with van der Waals surface area (Å²) in [5.74, 6) is -0.658. The van der Waals surface area contributed by atoms with Crippen molar-refractivity contribution in [3.8, 4) is 0 Å². The summed E-state index contributed by atoms with van der Waals surface area (Å²) in [7, 11) is 0. The maximum atomic E-state index is 10.4. The Morgan fingerprint density at radius 1 is 0.818 bits per heavy atom. The first-order chi connectivity index (χ1) is 10.8. The van der Waals surface area contributed by atoms with Crippen molar-refractivity contribution in [2.24, 2.45) is 0 Å². The summed E-state index contributed by atoms with van der Waals surface area (Å²) < 4.78 is 0. The second kappa shape index (κ2) is 13.8. The monoisotopic (exact) mass is 370 g/mol. The average Bonchev–Trinajstić information content (AvgIpc) is 2.52. The third kappa shape index (κ3) is 11.8. The van der Waals surface area contributed by atoms with Crippen molar-refractivity contribution in [2.75, 3.05) is 0 Å². The Labute approximate surface area is 141 Å². The molecule has 0 aromatic heterocycles. The van der Waals surface area contributed by atoms with Crippen molar-refractivity contribution in [3.05, 3.63) is 35.9 Å². The first kappa shape index (κ1) is 19.3. The number of carbonyl (C=O) groups is 1. The van der Waals surface area contributed by atoms with E-state index in [9.17, 15) is 4.79 Å². The van der Waals surface area contributed by atoms with Gasteiger partial charge in [0.05, 0.1) is 0 Å². The van der Waals surface area contributed by atoms with Gasteiger partial charge < -0.3 is 5.11 Å². The fourth-order valence-corrected chi connectivity index (χ4v) is 4.54. The van der Waals surface area contributed by atoms with Crippen molar-refractivity contribution in [1.82, 2.24) is 0 Å². The van der Waals surface area contributed by atoms with Crippen LogP contribution in [0.3, 0.4) is 0 Å².